The quantitative estimate of drug-likeness (QED) is 0.671. The lowest BCUT2D eigenvalue weighted by atomic mass is 10.1. The molecule has 146 valence electrons. The van der Waals surface area contributed by atoms with Crippen molar-refractivity contribution in [1.29, 1.82) is 0 Å². The van der Waals surface area contributed by atoms with E-state index in [1.807, 2.05) is 56.3 Å². The van der Waals surface area contributed by atoms with Gasteiger partial charge in [-0.15, -0.1) is 0 Å². The second kappa shape index (κ2) is 8.41. The minimum absolute atomic E-state index is 0.0131. The first-order chi connectivity index (χ1) is 12.6. The van der Waals surface area contributed by atoms with Crippen LogP contribution in [-0.4, -0.2) is 34.5 Å². The molecular formula is C19H26N4O3S. The fourth-order valence-corrected chi connectivity index (χ4v) is 3.20. The van der Waals surface area contributed by atoms with E-state index in [1.165, 1.54) is 12.1 Å². The molecule has 0 aliphatic rings. The highest BCUT2D eigenvalue weighted by Gasteiger charge is 2.19. The van der Waals surface area contributed by atoms with Crippen LogP contribution in [0, 0.1) is 0 Å². The summed E-state index contributed by atoms with van der Waals surface area (Å²) in [6, 6.07) is 13.5. The first-order valence-electron chi connectivity index (χ1n) is 8.55. The van der Waals surface area contributed by atoms with E-state index in [2.05, 4.69) is 10.6 Å². The first kappa shape index (κ1) is 20.7. The zero-order valence-electron chi connectivity index (χ0n) is 15.9. The van der Waals surface area contributed by atoms with Gasteiger partial charge in [0, 0.05) is 14.1 Å². The van der Waals surface area contributed by atoms with Crippen molar-refractivity contribution in [3.8, 4) is 0 Å². The largest absolute Gasteiger partial charge is 0.376 e. The molecular weight excluding hydrogens is 364 g/mol. The van der Waals surface area contributed by atoms with Gasteiger partial charge in [-0.1, -0.05) is 30.3 Å². The van der Waals surface area contributed by atoms with Crippen molar-refractivity contribution in [3.05, 3.63) is 54.1 Å². The molecule has 0 saturated heterocycles. The Morgan fingerprint density at radius 2 is 1.70 bits per heavy atom. The molecule has 7 nitrogen and oxygen atoms in total. The summed E-state index contributed by atoms with van der Waals surface area (Å²) in [5, 5.41) is 11.3. The summed E-state index contributed by atoms with van der Waals surface area (Å²) in [6.07, 6.45) is 0. The minimum atomic E-state index is -3.84. The van der Waals surface area contributed by atoms with Crippen LogP contribution in [0.1, 0.15) is 25.5 Å². The molecule has 0 fully saturated rings. The lowest BCUT2D eigenvalue weighted by molar-refractivity contribution is -0.122. The van der Waals surface area contributed by atoms with E-state index in [0.29, 0.717) is 5.69 Å². The summed E-state index contributed by atoms with van der Waals surface area (Å²) >= 11 is 0. The van der Waals surface area contributed by atoms with Crippen LogP contribution in [-0.2, 0) is 14.8 Å². The fraction of sp³-hybridized carbons (Fsp3) is 0.316. The molecule has 27 heavy (non-hydrogen) atoms. The van der Waals surface area contributed by atoms with Crippen molar-refractivity contribution < 1.29 is 13.2 Å². The van der Waals surface area contributed by atoms with Crippen molar-refractivity contribution in [2.75, 3.05) is 24.3 Å². The number of rotatable bonds is 7. The summed E-state index contributed by atoms with van der Waals surface area (Å²) in [6.45, 7) is 3.63. The number of hydrogen-bond donors (Lipinski definition) is 3. The maximum atomic E-state index is 12.6. The molecule has 0 saturated carbocycles. The van der Waals surface area contributed by atoms with E-state index in [0.717, 1.165) is 11.3 Å². The van der Waals surface area contributed by atoms with Gasteiger partial charge in [-0.25, -0.2) is 13.6 Å². The lowest BCUT2D eigenvalue weighted by Crippen LogP contribution is -2.39. The van der Waals surface area contributed by atoms with Crippen molar-refractivity contribution in [2.45, 2.75) is 30.8 Å². The Bertz CT molecular complexity index is 898. The monoisotopic (exact) mass is 390 g/mol. The van der Waals surface area contributed by atoms with E-state index in [9.17, 15) is 13.2 Å². The van der Waals surface area contributed by atoms with E-state index in [1.54, 1.807) is 13.0 Å². The summed E-state index contributed by atoms with van der Waals surface area (Å²) in [5.41, 5.74) is 2.27. The van der Waals surface area contributed by atoms with E-state index in [-0.39, 0.29) is 16.8 Å². The molecule has 0 aromatic heterocycles. The highest BCUT2D eigenvalue weighted by molar-refractivity contribution is 7.89. The first-order valence-corrected chi connectivity index (χ1v) is 10.1. The molecule has 8 heteroatoms. The average molecular weight is 391 g/mol. The predicted octanol–water partition coefficient (Wildman–Crippen LogP) is 2.08. The maximum absolute atomic E-state index is 12.6. The number of carbonyl (C=O) groups is 1. The van der Waals surface area contributed by atoms with Crippen LogP contribution < -0.4 is 20.7 Å². The van der Waals surface area contributed by atoms with Gasteiger partial charge in [-0.3, -0.25) is 4.79 Å². The minimum Gasteiger partial charge on any atom is -0.376 e. The second-order valence-electron chi connectivity index (χ2n) is 6.63. The molecule has 2 atom stereocenters. The fourth-order valence-electron chi connectivity index (χ4n) is 2.66. The van der Waals surface area contributed by atoms with Crippen molar-refractivity contribution in [3.63, 3.8) is 0 Å². The van der Waals surface area contributed by atoms with Crippen LogP contribution in [0.4, 0.5) is 11.4 Å². The number of carbonyl (C=O) groups excluding carboxylic acids is 1. The Morgan fingerprint density at radius 1 is 1.07 bits per heavy atom. The summed E-state index contributed by atoms with van der Waals surface area (Å²) in [7, 11) is -0.173. The SMILES string of the molecule is C[C@H](Nc1cc(S(N)(=O)=O)ccc1N(C)C)C(=O)N[C@H](C)c1ccccc1. The van der Waals surface area contributed by atoms with Crippen molar-refractivity contribution >= 4 is 27.3 Å². The van der Waals surface area contributed by atoms with Crippen LogP contribution in [0.25, 0.3) is 0 Å². The number of amides is 1. The number of sulfonamides is 1. The van der Waals surface area contributed by atoms with Crippen molar-refractivity contribution in [1.82, 2.24) is 5.32 Å². The number of nitrogens with one attached hydrogen (secondary N) is 2. The summed E-state index contributed by atoms with van der Waals surface area (Å²) in [4.78, 5) is 14.4. The van der Waals surface area contributed by atoms with E-state index in [4.69, 9.17) is 5.14 Å². The van der Waals surface area contributed by atoms with Gasteiger partial charge < -0.3 is 15.5 Å². The number of nitrogens with two attached hydrogens (primary N) is 1. The molecule has 0 heterocycles. The van der Waals surface area contributed by atoms with E-state index < -0.39 is 16.1 Å². The zero-order chi connectivity index (χ0) is 20.2. The zero-order valence-corrected chi connectivity index (χ0v) is 16.7. The molecule has 2 rings (SSSR count). The Balaban J connectivity index is 2.18. The highest BCUT2D eigenvalue weighted by atomic mass is 32.2. The van der Waals surface area contributed by atoms with Crippen molar-refractivity contribution in [2.24, 2.45) is 5.14 Å². The van der Waals surface area contributed by atoms with Gasteiger partial charge in [0.1, 0.15) is 6.04 Å². The number of anilines is 2. The highest BCUT2D eigenvalue weighted by Crippen LogP contribution is 2.28. The Labute approximate surface area is 160 Å². The third-order valence-corrected chi connectivity index (χ3v) is 5.11. The second-order valence-corrected chi connectivity index (χ2v) is 8.19. The lowest BCUT2D eigenvalue weighted by Gasteiger charge is -2.23. The topological polar surface area (TPSA) is 105 Å². The molecule has 2 aromatic carbocycles. The van der Waals surface area contributed by atoms with Crippen LogP contribution in [0.2, 0.25) is 0 Å². The standard InChI is InChI=1S/C19H26N4O3S/c1-13(15-8-6-5-7-9-15)22-19(24)14(2)21-17-12-16(27(20,25)26)10-11-18(17)23(3)4/h5-14,21H,1-4H3,(H,22,24)(H2,20,25,26)/t13-,14+/m1/s1. The number of nitrogens with zero attached hydrogens (tertiary/aromatic N) is 1. The molecule has 2 aromatic rings. The Hall–Kier alpha value is -2.58. The molecule has 0 bridgehead atoms. The van der Waals surface area contributed by atoms with Gasteiger partial charge in [0.2, 0.25) is 15.9 Å². The smallest absolute Gasteiger partial charge is 0.242 e. The van der Waals surface area contributed by atoms with Gasteiger partial charge in [0.05, 0.1) is 22.3 Å². The molecule has 0 unspecified atom stereocenters. The predicted molar refractivity (Wildman–Crippen MR) is 108 cm³/mol. The summed E-state index contributed by atoms with van der Waals surface area (Å²) in [5.74, 6) is -0.197. The molecule has 0 aliphatic carbocycles. The molecule has 0 aliphatic heterocycles. The van der Waals surface area contributed by atoms with E-state index >= 15 is 0 Å². The van der Waals surface area contributed by atoms with Crippen LogP contribution in [0.15, 0.2) is 53.4 Å². The molecule has 0 spiro atoms. The van der Waals surface area contributed by atoms with Gasteiger partial charge >= 0.3 is 0 Å². The normalized spacial score (nSPS) is 13.5. The third kappa shape index (κ3) is 5.45. The number of primary sulfonamides is 1. The Morgan fingerprint density at radius 3 is 2.26 bits per heavy atom. The summed E-state index contributed by atoms with van der Waals surface area (Å²) < 4.78 is 23.3. The molecule has 4 N–H and O–H groups in total. The Kier molecular flexibility index (Phi) is 6.45. The third-order valence-electron chi connectivity index (χ3n) is 4.20. The van der Waals surface area contributed by atoms with Crippen LogP contribution in [0.5, 0.6) is 0 Å². The molecule has 0 radical (unpaired) electrons. The molecule has 1 amide bonds. The number of benzene rings is 2. The van der Waals surface area contributed by atoms with Gasteiger partial charge in [0.25, 0.3) is 0 Å². The van der Waals surface area contributed by atoms with Crippen LogP contribution in [0.3, 0.4) is 0 Å². The van der Waals surface area contributed by atoms with Gasteiger partial charge in [0.15, 0.2) is 0 Å². The average Bonchev–Trinajstić information content (AvgIpc) is 2.61. The van der Waals surface area contributed by atoms with Gasteiger partial charge in [-0.2, -0.15) is 0 Å². The number of hydrogen-bond acceptors (Lipinski definition) is 5. The van der Waals surface area contributed by atoms with Crippen LogP contribution >= 0.6 is 0 Å². The van der Waals surface area contributed by atoms with Gasteiger partial charge in [-0.05, 0) is 37.6 Å². The maximum Gasteiger partial charge on any atom is 0.242 e.